The average molecular weight is 386 g/mol. The second-order valence-electron chi connectivity index (χ2n) is 7.14. The zero-order valence-electron chi connectivity index (χ0n) is 16.6. The van der Waals surface area contributed by atoms with E-state index < -0.39 is 0 Å². The van der Waals surface area contributed by atoms with Crippen molar-refractivity contribution in [1.29, 1.82) is 5.41 Å². The molecule has 0 amide bonds. The molecule has 3 rings (SSSR count). The number of carbonyl (C=O) groups excluding carboxylic acids is 1. The van der Waals surface area contributed by atoms with E-state index in [2.05, 4.69) is 4.99 Å². The minimum Gasteiger partial charge on any atom is -0.384 e. The van der Waals surface area contributed by atoms with Crippen molar-refractivity contribution in [3.63, 3.8) is 0 Å². The number of nitrogens with two attached hydrogens (primary N) is 2. The number of allylic oxidation sites excluding steroid dienone is 2. The van der Waals surface area contributed by atoms with Crippen LogP contribution in [0.3, 0.4) is 0 Å². The quantitative estimate of drug-likeness (QED) is 0.321. The molecule has 0 saturated heterocycles. The van der Waals surface area contributed by atoms with Crippen molar-refractivity contribution < 1.29 is 4.79 Å². The van der Waals surface area contributed by atoms with Crippen LogP contribution in [0, 0.1) is 5.41 Å². The third-order valence-corrected chi connectivity index (χ3v) is 5.08. The van der Waals surface area contributed by atoms with Crippen molar-refractivity contribution in [2.45, 2.75) is 25.7 Å². The Hall–Kier alpha value is -3.47. The van der Waals surface area contributed by atoms with Crippen LogP contribution in [-0.4, -0.2) is 24.5 Å². The molecule has 2 aromatic carbocycles. The monoisotopic (exact) mass is 386 g/mol. The van der Waals surface area contributed by atoms with Gasteiger partial charge in [0.15, 0.2) is 5.78 Å². The fourth-order valence-electron chi connectivity index (χ4n) is 3.38. The van der Waals surface area contributed by atoms with Gasteiger partial charge in [-0.05, 0) is 49.0 Å². The fraction of sp³-hybridized carbons (Fsp3) is 0.208. The van der Waals surface area contributed by atoms with Gasteiger partial charge in [0, 0.05) is 29.3 Å². The minimum atomic E-state index is 0.0398. The van der Waals surface area contributed by atoms with E-state index in [9.17, 15) is 4.79 Å². The smallest absolute Gasteiger partial charge is 0.185 e. The molecule has 0 radical (unpaired) electrons. The van der Waals surface area contributed by atoms with Gasteiger partial charge in [0.2, 0.25) is 0 Å². The molecule has 0 spiro atoms. The molecule has 0 aromatic heterocycles. The van der Waals surface area contributed by atoms with Crippen molar-refractivity contribution in [2.24, 2.45) is 16.5 Å². The molecular weight excluding hydrogens is 360 g/mol. The Morgan fingerprint density at radius 2 is 1.31 bits per heavy atom. The van der Waals surface area contributed by atoms with Crippen LogP contribution in [0.1, 0.15) is 47.9 Å². The molecule has 2 aromatic rings. The molecule has 0 aliphatic heterocycles. The number of nitrogens with zero attached hydrogens (tertiary/aromatic N) is 1. The van der Waals surface area contributed by atoms with E-state index in [0.29, 0.717) is 11.4 Å². The summed E-state index contributed by atoms with van der Waals surface area (Å²) in [6.45, 7) is 0. The van der Waals surface area contributed by atoms with Gasteiger partial charge >= 0.3 is 0 Å². The maximum Gasteiger partial charge on any atom is 0.185 e. The second-order valence-corrected chi connectivity index (χ2v) is 7.14. The predicted molar refractivity (Wildman–Crippen MR) is 120 cm³/mol. The summed E-state index contributed by atoms with van der Waals surface area (Å²) in [5.74, 6) is 0.644. The lowest BCUT2D eigenvalue weighted by atomic mass is 9.97. The Morgan fingerprint density at radius 3 is 1.72 bits per heavy atom. The summed E-state index contributed by atoms with van der Waals surface area (Å²) in [6.07, 6.45) is 7.46. The molecule has 5 N–H and O–H groups in total. The van der Waals surface area contributed by atoms with Gasteiger partial charge in [-0.15, -0.1) is 0 Å². The first kappa shape index (κ1) is 20.3. The van der Waals surface area contributed by atoms with Crippen molar-refractivity contribution in [3.05, 3.63) is 81.9 Å². The minimum absolute atomic E-state index is 0.0398. The summed E-state index contributed by atoms with van der Waals surface area (Å²) < 4.78 is 0. The van der Waals surface area contributed by atoms with Crippen molar-refractivity contribution in [1.82, 2.24) is 0 Å². The van der Waals surface area contributed by atoms with E-state index in [-0.39, 0.29) is 11.6 Å². The van der Waals surface area contributed by atoms with Gasteiger partial charge in [0.25, 0.3) is 0 Å². The highest BCUT2D eigenvalue weighted by Crippen LogP contribution is 2.27. The van der Waals surface area contributed by atoms with E-state index in [1.807, 2.05) is 48.6 Å². The molecule has 1 aliphatic rings. The Labute approximate surface area is 171 Å². The molecular formula is C24H26N4O. The number of hydrogen-bond acceptors (Lipinski definition) is 3. The van der Waals surface area contributed by atoms with Crippen LogP contribution < -0.4 is 11.5 Å². The number of benzene rings is 2. The molecule has 5 nitrogen and oxygen atoms in total. The average Bonchev–Trinajstić information content (AvgIpc) is 2.90. The first-order valence-electron chi connectivity index (χ1n) is 9.71. The van der Waals surface area contributed by atoms with Crippen LogP contribution in [0.25, 0.3) is 12.2 Å². The van der Waals surface area contributed by atoms with Crippen LogP contribution in [0.5, 0.6) is 0 Å². The number of nitrogen functional groups attached to an aromatic ring is 1. The lowest BCUT2D eigenvalue weighted by Crippen LogP contribution is -2.12. The number of Topliss-reactive ketones (excluding diaryl/α,β-unsaturated/α-hetero) is 1. The highest BCUT2D eigenvalue weighted by molar-refractivity contribution is 6.13. The normalized spacial score (nSPS) is 18.1. The number of aliphatic imine (C=N–C) groups is 1. The number of ketones is 1. The predicted octanol–water partition coefficient (Wildman–Crippen LogP) is 3.92. The summed E-state index contributed by atoms with van der Waals surface area (Å²) in [5, 5.41) is 7.49. The maximum atomic E-state index is 13.1. The molecule has 148 valence electrons. The Morgan fingerprint density at radius 1 is 0.862 bits per heavy atom. The summed E-state index contributed by atoms with van der Waals surface area (Å²) in [4.78, 5) is 17.1. The number of amidine groups is 2. The Bertz CT molecular complexity index is 996. The highest BCUT2D eigenvalue weighted by atomic mass is 16.1. The molecule has 29 heavy (non-hydrogen) atoms. The van der Waals surface area contributed by atoms with Crippen molar-refractivity contribution in [3.8, 4) is 0 Å². The SMILES string of the molecule is CN=C(N)c1ccc(/C=C2/CCCC/C(=C/c3ccc(C(=N)N)cc3)C2=O)cc1. The first-order chi connectivity index (χ1) is 14.0. The van der Waals surface area contributed by atoms with Gasteiger partial charge < -0.3 is 11.5 Å². The Balaban J connectivity index is 1.86. The summed E-state index contributed by atoms with van der Waals surface area (Å²) in [5.41, 5.74) is 16.5. The van der Waals surface area contributed by atoms with Crippen molar-refractivity contribution in [2.75, 3.05) is 7.05 Å². The van der Waals surface area contributed by atoms with Gasteiger partial charge in [0.1, 0.15) is 11.7 Å². The zero-order valence-corrected chi connectivity index (χ0v) is 16.6. The van der Waals surface area contributed by atoms with E-state index in [1.54, 1.807) is 19.2 Å². The van der Waals surface area contributed by atoms with Crippen LogP contribution in [-0.2, 0) is 4.79 Å². The standard InChI is InChI=1S/C24H26N4O/c1-28-24(27)19-12-8-17(9-13-19)15-21-5-3-2-4-20(22(21)29)14-16-6-10-18(11-7-16)23(25)26/h6-15H,2-5H2,1H3,(H3,25,26)(H2,27,28)/b20-14-,21-15-. The zero-order chi connectivity index (χ0) is 20.8. The van der Waals surface area contributed by atoms with Crippen molar-refractivity contribution >= 4 is 29.6 Å². The summed E-state index contributed by atoms with van der Waals surface area (Å²) >= 11 is 0. The third kappa shape index (κ3) is 5.08. The van der Waals surface area contributed by atoms with Crippen LogP contribution in [0.2, 0.25) is 0 Å². The summed E-state index contributed by atoms with van der Waals surface area (Å²) in [7, 11) is 1.66. The molecule has 0 unspecified atom stereocenters. The number of hydrogen-bond donors (Lipinski definition) is 3. The fourth-order valence-corrected chi connectivity index (χ4v) is 3.38. The molecule has 0 heterocycles. The molecule has 0 atom stereocenters. The molecule has 1 aliphatic carbocycles. The van der Waals surface area contributed by atoms with Crippen LogP contribution in [0.15, 0.2) is 64.7 Å². The maximum absolute atomic E-state index is 13.1. The number of carbonyl (C=O) groups is 1. The highest BCUT2D eigenvalue weighted by Gasteiger charge is 2.19. The number of rotatable bonds is 4. The van der Waals surface area contributed by atoms with Gasteiger partial charge in [-0.2, -0.15) is 0 Å². The largest absolute Gasteiger partial charge is 0.384 e. The van der Waals surface area contributed by atoms with E-state index in [1.165, 1.54) is 0 Å². The molecule has 1 saturated carbocycles. The van der Waals surface area contributed by atoms with Crippen LogP contribution >= 0.6 is 0 Å². The van der Waals surface area contributed by atoms with E-state index >= 15 is 0 Å². The first-order valence-corrected chi connectivity index (χ1v) is 9.71. The van der Waals surface area contributed by atoms with Gasteiger partial charge in [-0.1, -0.05) is 48.5 Å². The second kappa shape index (κ2) is 9.15. The third-order valence-electron chi connectivity index (χ3n) is 5.08. The lowest BCUT2D eigenvalue weighted by Gasteiger charge is -2.07. The van der Waals surface area contributed by atoms with Gasteiger partial charge in [0.05, 0.1) is 0 Å². The van der Waals surface area contributed by atoms with E-state index in [4.69, 9.17) is 16.9 Å². The van der Waals surface area contributed by atoms with Gasteiger partial charge in [-0.3, -0.25) is 15.2 Å². The topological polar surface area (TPSA) is 105 Å². The molecule has 0 bridgehead atoms. The Kier molecular flexibility index (Phi) is 6.39. The van der Waals surface area contributed by atoms with E-state index in [0.717, 1.165) is 53.5 Å². The molecule has 5 heteroatoms. The van der Waals surface area contributed by atoms with Gasteiger partial charge in [-0.25, -0.2) is 0 Å². The van der Waals surface area contributed by atoms with Crippen LogP contribution in [0.4, 0.5) is 0 Å². The lowest BCUT2D eigenvalue weighted by molar-refractivity contribution is -0.112. The molecule has 1 fully saturated rings. The number of nitrogens with one attached hydrogen (secondary N) is 1. The summed E-state index contributed by atoms with van der Waals surface area (Å²) in [6, 6.07) is 15.2.